The van der Waals surface area contributed by atoms with E-state index in [-0.39, 0.29) is 29.2 Å². The molecule has 3 rings (SSSR count). The molecule has 9 heteroatoms. The fourth-order valence-corrected chi connectivity index (χ4v) is 3.62. The van der Waals surface area contributed by atoms with Gasteiger partial charge in [0.05, 0.1) is 11.4 Å². The molecule has 1 fully saturated rings. The maximum absolute atomic E-state index is 13.0. The van der Waals surface area contributed by atoms with Crippen LogP contribution in [0.5, 0.6) is 0 Å². The van der Waals surface area contributed by atoms with E-state index in [2.05, 4.69) is 10.2 Å². The van der Waals surface area contributed by atoms with Gasteiger partial charge in [-0.15, -0.1) is 5.10 Å². The van der Waals surface area contributed by atoms with Crippen molar-refractivity contribution >= 4 is 51.7 Å². The molecule has 2 N–H and O–H groups in total. The minimum absolute atomic E-state index is 0.00684. The Morgan fingerprint density at radius 1 is 1.21 bits per heavy atom. The number of nitrogens with two attached hydrogens (primary N) is 1. The highest BCUT2D eigenvalue weighted by Crippen LogP contribution is 2.30. The summed E-state index contributed by atoms with van der Waals surface area (Å²) in [4.78, 5) is 26.0. The Labute approximate surface area is 170 Å². The summed E-state index contributed by atoms with van der Waals surface area (Å²) in [5.74, 6) is -1.05. The predicted octanol–water partition coefficient (Wildman–Crippen LogP) is 3.58. The molecule has 2 aromatic carbocycles. The molecule has 144 valence electrons. The van der Waals surface area contributed by atoms with Gasteiger partial charge in [-0.05, 0) is 42.8 Å². The largest absolute Gasteiger partial charge is 0.377 e. The maximum atomic E-state index is 13.0. The summed E-state index contributed by atoms with van der Waals surface area (Å²) in [5.41, 5.74) is 7.52. The first-order valence-corrected chi connectivity index (χ1v) is 9.53. The highest BCUT2D eigenvalue weighted by Gasteiger charge is 2.40. The first kappa shape index (κ1) is 20.0. The van der Waals surface area contributed by atoms with Crippen molar-refractivity contribution in [1.82, 2.24) is 0 Å². The second kappa shape index (κ2) is 8.53. The summed E-state index contributed by atoms with van der Waals surface area (Å²) in [6.07, 6.45) is 0.00684. The number of anilines is 1. The molecule has 0 spiro atoms. The zero-order valence-corrected chi connectivity index (χ0v) is 16.4. The van der Waals surface area contributed by atoms with E-state index in [1.54, 1.807) is 43.3 Å². The van der Waals surface area contributed by atoms with E-state index in [0.717, 1.165) is 16.7 Å². The Bertz CT molecular complexity index is 978. The van der Waals surface area contributed by atoms with Crippen molar-refractivity contribution in [3.8, 4) is 0 Å². The van der Waals surface area contributed by atoms with Crippen LogP contribution in [-0.2, 0) is 9.59 Å². The molecule has 0 saturated carbocycles. The van der Waals surface area contributed by atoms with Gasteiger partial charge >= 0.3 is 0 Å². The van der Waals surface area contributed by atoms with Crippen molar-refractivity contribution < 1.29 is 14.0 Å². The van der Waals surface area contributed by atoms with Crippen LogP contribution in [0.2, 0.25) is 5.02 Å². The second-order valence-corrected chi connectivity index (χ2v) is 7.65. The molecule has 0 bridgehead atoms. The van der Waals surface area contributed by atoms with Gasteiger partial charge in [0.15, 0.2) is 5.17 Å². The molecule has 0 unspecified atom stereocenters. The quantitative estimate of drug-likeness (QED) is 0.355. The molecule has 1 atom stereocenters. The van der Waals surface area contributed by atoms with Crippen LogP contribution in [0.15, 0.2) is 58.7 Å². The summed E-state index contributed by atoms with van der Waals surface area (Å²) < 4.78 is 13.0. The van der Waals surface area contributed by atoms with Gasteiger partial charge in [-0.2, -0.15) is 5.10 Å². The van der Waals surface area contributed by atoms with Crippen LogP contribution in [0.1, 0.15) is 18.9 Å². The Hall–Kier alpha value is -2.71. The minimum Gasteiger partial charge on any atom is -0.377 e. The first-order valence-electron chi connectivity index (χ1n) is 8.28. The summed E-state index contributed by atoms with van der Waals surface area (Å²) in [5, 5.41) is 7.72. The zero-order valence-electron chi connectivity index (χ0n) is 14.8. The lowest BCUT2D eigenvalue weighted by Crippen LogP contribution is -2.31. The van der Waals surface area contributed by atoms with Gasteiger partial charge in [-0.25, -0.2) is 9.29 Å². The molecule has 1 aliphatic heterocycles. The third-order valence-electron chi connectivity index (χ3n) is 4.00. The summed E-state index contributed by atoms with van der Waals surface area (Å²) in [6, 6.07) is 12.3. The molecule has 1 heterocycles. The van der Waals surface area contributed by atoms with Crippen molar-refractivity contribution in [2.75, 3.05) is 4.90 Å². The number of benzene rings is 2. The third-order valence-corrected chi connectivity index (χ3v) is 5.21. The van der Waals surface area contributed by atoms with Crippen LogP contribution in [-0.4, -0.2) is 27.9 Å². The van der Waals surface area contributed by atoms with Crippen molar-refractivity contribution in [3.05, 3.63) is 64.9 Å². The molecule has 0 radical (unpaired) electrons. The first-order chi connectivity index (χ1) is 13.3. The Balaban J connectivity index is 1.70. The fourth-order valence-electron chi connectivity index (χ4n) is 2.63. The number of amidine groups is 1. The van der Waals surface area contributed by atoms with Crippen LogP contribution < -0.4 is 10.6 Å². The molecule has 28 heavy (non-hydrogen) atoms. The number of thioether (sulfide) groups is 1. The van der Waals surface area contributed by atoms with Crippen molar-refractivity contribution in [1.29, 1.82) is 0 Å². The van der Waals surface area contributed by atoms with Gasteiger partial charge < -0.3 is 5.73 Å². The number of halogens is 2. The van der Waals surface area contributed by atoms with Crippen molar-refractivity contribution in [2.24, 2.45) is 15.9 Å². The molecule has 1 aliphatic rings. The average molecular weight is 419 g/mol. The number of hydrogen-bond acceptors (Lipinski definition) is 5. The molecule has 6 nitrogen and oxygen atoms in total. The Morgan fingerprint density at radius 3 is 2.61 bits per heavy atom. The number of hydrogen-bond donors (Lipinski definition) is 1. The van der Waals surface area contributed by atoms with E-state index in [4.69, 9.17) is 17.3 Å². The summed E-state index contributed by atoms with van der Waals surface area (Å²) >= 11 is 6.92. The van der Waals surface area contributed by atoms with E-state index in [1.165, 1.54) is 12.1 Å². The zero-order chi connectivity index (χ0) is 20.3. The van der Waals surface area contributed by atoms with E-state index in [0.29, 0.717) is 22.0 Å². The topological polar surface area (TPSA) is 88.1 Å². The number of nitrogens with zero attached hydrogens (tertiary/aromatic N) is 3. The monoisotopic (exact) mass is 418 g/mol. The Kier molecular flexibility index (Phi) is 6.11. The molecular weight excluding hydrogens is 403 g/mol. The van der Waals surface area contributed by atoms with Gasteiger partial charge in [0.2, 0.25) is 11.8 Å². The van der Waals surface area contributed by atoms with Crippen LogP contribution in [0, 0.1) is 5.82 Å². The Morgan fingerprint density at radius 2 is 1.93 bits per heavy atom. The number of carbonyl (C=O) groups is 2. The maximum Gasteiger partial charge on any atom is 0.247 e. The number of rotatable bonds is 4. The highest BCUT2D eigenvalue weighted by atomic mass is 35.5. The number of amides is 2. The van der Waals surface area contributed by atoms with E-state index in [1.807, 2.05) is 0 Å². The molecule has 2 aromatic rings. The van der Waals surface area contributed by atoms with E-state index in [9.17, 15) is 14.0 Å². The third kappa shape index (κ3) is 4.58. The van der Waals surface area contributed by atoms with Crippen LogP contribution in [0.3, 0.4) is 0 Å². The highest BCUT2D eigenvalue weighted by molar-refractivity contribution is 8.14. The molecular formula is C19H16ClFN4O2S. The van der Waals surface area contributed by atoms with Gasteiger partial charge in [0.25, 0.3) is 0 Å². The average Bonchev–Trinajstić information content (AvgIpc) is 2.93. The van der Waals surface area contributed by atoms with Crippen LogP contribution >= 0.6 is 23.4 Å². The van der Waals surface area contributed by atoms with Crippen LogP contribution in [0.25, 0.3) is 0 Å². The van der Waals surface area contributed by atoms with E-state index >= 15 is 0 Å². The fraction of sp³-hybridized carbons (Fsp3) is 0.158. The minimum atomic E-state index is -0.684. The van der Waals surface area contributed by atoms with Gasteiger partial charge in [-0.1, -0.05) is 41.6 Å². The van der Waals surface area contributed by atoms with Crippen molar-refractivity contribution in [2.45, 2.75) is 18.6 Å². The lowest BCUT2D eigenvalue weighted by Gasteiger charge is -2.14. The summed E-state index contributed by atoms with van der Waals surface area (Å²) in [6.45, 7) is 1.71. The molecule has 0 aliphatic carbocycles. The summed E-state index contributed by atoms with van der Waals surface area (Å²) in [7, 11) is 0. The lowest BCUT2D eigenvalue weighted by atomic mass is 10.1. The normalized spacial score (nSPS) is 18.1. The predicted molar refractivity (Wildman–Crippen MR) is 110 cm³/mol. The standard InChI is InChI=1S/C19H16ClFN4O2S/c1-11(12-5-7-14(21)8-6-12)23-24-19(22)28-16-10-17(26)25(18(16)27)15-4-2-3-13(20)9-15/h2-9,16H,10H2,1H3,(H2,22,24)/b23-11-/t16-/m0/s1. The van der Waals surface area contributed by atoms with E-state index < -0.39 is 5.25 Å². The van der Waals surface area contributed by atoms with Crippen molar-refractivity contribution in [3.63, 3.8) is 0 Å². The smallest absolute Gasteiger partial charge is 0.247 e. The molecule has 2 amide bonds. The second-order valence-electron chi connectivity index (χ2n) is 5.99. The SMILES string of the molecule is C/C(=N/N=C(N)S[C@H]1CC(=O)N(c2cccc(Cl)c2)C1=O)c1ccc(F)cc1. The molecule has 1 saturated heterocycles. The van der Waals surface area contributed by atoms with Crippen LogP contribution in [0.4, 0.5) is 10.1 Å². The van der Waals surface area contributed by atoms with Gasteiger partial charge in [-0.3, -0.25) is 9.59 Å². The van der Waals surface area contributed by atoms with Gasteiger partial charge in [0, 0.05) is 11.4 Å². The lowest BCUT2D eigenvalue weighted by molar-refractivity contribution is -0.121. The molecule has 0 aromatic heterocycles. The number of imide groups is 1. The van der Waals surface area contributed by atoms with Gasteiger partial charge in [0.1, 0.15) is 11.1 Å². The number of carbonyl (C=O) groups excluding carboxylic acids is 2.